The Morgan fingerprint density at radius 3 is 1.40 bits per heavy atom. The summed E-state index contributed by atoms with van der Waals surface area (Å²) >= 11 is 0. The van der Waals surface area contributed by atoms with Crippen molar-refractivity contribution in [2.45, 2.75) is 0 Å². The molecule has 0 unspecified atom stereocenters. The van der Waals surface area contributed by atoms with Crippen molar-refractivity contribution in [1.29, 1.82) is 0 Å². The number of para-hydroxylation sites is 4. The first kappa shape index (κ1) is 16.4. The second kappa shape index (κ2) is 7.81. The molecule has 2 aromatic carbocycles. The fourth-order valence-corrected chi connectivity index (χ4v) is 1.76. The van der Waals surface area contributed by atoms with E-state index >= 15 is 0 Å². The molecule has 104 valence electrons. The van der Waals surface area contributed by atoms with Crippen LogP contribution in [0.15, 0.2) is 61.2 Å². The lowest BCUT2D eigenvalue weighted by Gasteiger charge is -1.81. The van der Waals surface area contributed by atoms with E-state index in [1.807, 2.05) is 48.5 Å². The van der Waals surface area contributed by atoms with Gasteiger partial charge in [0.05, 0.1) is 34.7 Å². The third-order valence-electron chi connectivity index (χ3n) is 2.66. The van der Waals surface area contributed by atoms with Gasteiger partial charge in [-0.1, -0.05) is 24.3 Å². The van der Waals surface area contributed by atoms with Gasteiger partial charge in [-0.3, -0.25) is 0 Å². The Bertz CT molecular complexity index is 637. The first-order valence-corrected chi connectivity index (χ1v) is 5.70. The van der Waals surface area contributed by atoms with Crippen LogP contribution in [0.2, 0.25) is 0 Å². The molecular formula is C14H14Br2N4. The second-order valence-corrected chi connectivity index (χ2v) is 3.84. The molecule has 0 radical (unpaired) electrons. The van der Waals surface area contributed by atoms with Crippen LogP contribution in [-0.4, -0.2) is 19.9 Å². The normalized spacial score (nSPS) is 9.20. The number of rotatable bonds is 0. The molecule has 0 spiro atoms. The second-order valence-electron chi connectivity index (χ2n) is 3.84. The average molecular weight is 398 g/mol. The molecule has 0 aliphatic carbocycles. The molecule has 20 heavy (non-hydrogen) atoms. The van der Waals surface area contributed by atoms with E-state index in [-0.39, 0.29) is 34.0 Å². The first-order chi connectivity index (χ1) is 8.93. The van der Waals surface area contributed by atoms with Crippen molar-refractivity contribution in [1.82, 2.24) is 19.9 Å². The summed E-state index contributed by atoms with van der Waals surface area (Å²) in [5, 5.41) is 0. The van der Waals surface area contributed by atoms with Crippen LogP contribution in [0.4, 0.5) is 0 Å². The van der Waals surface area contributed by atoms with Crippen LogP contribution in [0, 0.1) is 0 Å². The molecule has 6 heteroatoms. The molecule has 0 bridgehead atoms. The minimum absolute atomic E-state index is 0. The zero-order valence-corrected chi connectivity index (χ0v) is 13.9. The van der Waals surface area contributed by atoms with Crippen LogP contribution in [0.25, 0.3) is 22.1 Å². The van der Waals surface area contributed by atoms with Crippen molar-refractivity contribution < 1.29 is 0 Å². The van der Waals surface area contributed by atoms with Gasteiger partial charge in [-0.25, -0.2) is 9.97 Å². The van der Waals surface area contributed by atoms with Crippen LogP contribution < -0.4 is 0 Å². The molecule has 0 amide bonds. The zero-order valence-electron chi connectivity index (χ0n) is 10.5. The van der Waals surface area contributed by atoms with Gasteiger partial charge in [0.15, 0.2) is 0 Å². The molecule has 4 aromatic rings. The molecule has 0 aliphatic heterocycles. The molecular weight excluding hydrogens is 384 g/mol. The maximum atomic E-state index is 4.06. The van der Waals surface area contributed by atoms with Gasteiger partial charge in [0.1, 0.15) is 0 Å². The van der Waals surface area contributed by atoms with E-state index in [4.69, 9.17) is 0 Å². The van der Waals surface area contributed by atoms with Crippen LogP contribution in [-0.2, 0) is 0 Å². The Kier molecular flexibility index (Phi) is 6.41. The number of nitrogens with zero attached hydrogens (tertiary/aromatic N) is 2. The Morgan fingerprint density at radius 1 is 0.600 bits per heavy atom. The molecule has 0 atom stereocenters. The highest BCUT2D eigenvalue weighted by Gasteiger charge is 1.89. The predicted molar refractivity (Wildman–Crippen MR) is 92.8 cm³/mol. The van der Waals surface area contributed by atoms with E-state index in [2.05, 4.69) is 19.9 Å². The number of halogens is 2. The average Bonchev–Trinajstić information content (AvgIpc) is 3.08. The number of aromatic amines is 2. The van der Waals surface area contributed by atoms with E-state index in [1.165, 1.54) is 0 Å². The largest absolute Gasteiger partial charge is 0.345 e. The lowest BCUT2D eigenvalue weighted by molar-refractivity contribution is 1.34. The van der Waals surface area contributed by atoms with Gasteiger partial charge in [0, 0.05) is 0 Å². The minimum atomic E-state index is 0. The molecule has 2 aromatic heterocycles. The topological polar surface area (TPSA) is 57.4 Å². The van der Waals surface area contributed by atoms with Gasteiger partial charge < -0.3 is 9.97 Å². The van der Waals surface area contributed by atoms with Crippen molar-refractivity contribution in [3.8, 4) is 0 Å². The van der Waals surface area contributed by atoms with E-state index in [9.17, 15) is 0 Å². The maximum absolute atomic E-state index is 4.06. The van der Waals surface area contributed by atoms with Gasteiger partial charge in [-0.2, -0.15) is 0 Å². The van der Waals surface area contributed by atoms with Crippen LogP contribution in [0.1, 0.15) is 0 Å². The highest BCUT2D eigenvalue weighted by atomic mass is 79.9. The highest BCUT2D eigenvalue weighted by molar-refractivity contribution is 8.93. The third kappa shape index (κ3) is 3.68. The number of imidazole rings is 2. The molecule has 0 fully saturated rings. The summed E-state index contributed by atoms with van der Waals surface area (Å²) in [4.78, 5) is 14.1. The summed E-state index contributed by atoms with van der Waals surface area (Å²) in [6.07, 6.45) is 3.40. The number of H-pyrrole nitrogens is 2. The summed E-state index contributed by atoms with van der Waals surface area (Å²) in [5.74, 6) is 0. The Labute approximate surface area is 137 Å². The van der Waals surface area contributed by atoms with Gasteiger partial charge in [0.2, 0.25) is 0 Å². The molecule has 0 saturated carbocycles. The van der Waals surface area contributed by atoms with Crippen molar-refractivity contribution in [2.24, 2.45) is 0 Å². The quantitative estimate of drug-likeness (QED) is 0.465. The summed E-state index contributed by atoms with van der Waals surface area (Å²) in [7, 11) is 0. The Hall–Kier alpha value is -1.66. The molecule has 4 nitrogen and oxygen atoms in total. The number of hydrogen-bond donors (Lipinski definition) is 2. The van der Waals surface area contributed by atoms with Crippen LogP contribution in [0.5, 0.6) is 0 Å². The van der Waals surface area contributed by atoms with Gasteiger partial charge in [-0.15, -0.1) is 34.0 Å². The van der Waals surface area contributed by atoms with E-state index in [0.29, 0.717) is 0 Å². The van der Waals surface area contributed by atoms with Gasteiger partial charge >= 0.3 is 0 Å². The molecule has 4 rings (SSSR count). The molecule has 2 heterocycles. The number of fused-ring (bicyclic) bond motifs is 2. The molecule has 0 saturated heterocycles. The van der Waals surface area contributed by atoms with E-state index < -0.39 is 0 Å². The van der Waals surface area contributed by atoms with Crippen molar-refractivity contribution in [2.75, 3.05) is 0 Å². The van der Waals surface area contributed by atoms with Crippen molar-refractivity contribution >= 4 is 56.0 Å². The predicted octanol–water partition coefficient (Wildman–Crippen LogP) is 4.28. The molecule has 0 aliphatic rings. The summed E-state index contributed by atoms with van der Waals surface area (Å²) < 4.78 is 0. The lowest BCUT2D eigenvalue weighted by Crippen LogP contribution is -1.63. The smallest absolute Gasteiger partial charge is 0.0931 e. The van der Waals surface area contributed by atoms with Crippen LogP contribution >= 0.6 is 34.0 Å². The fourth-order valence-electron chi connectivity index (χ4n) is 1.76. The third-order valence-corrected chi connectivity index (χ3v) is 2.66. The van der Waals surface area contributed by atoms with Crippen molar-refractivity contribution in [3.05, 3.63) is 61.2 Å². The Morgan fingerprint density at radius 2 is 1.00 bits per heavy atom. The standard InChI is InChI=1S/2C7H6N2.2BrH/c2*1-2-4-7-6(3-1)8-5-9-7;;/h2*1-5H,(H,8,9);2*1H. The first-order valence-electron chi connectivity index (χ1n) is 5.70. The van der Waals surface area contributed by atoms with Crippen molar-refractivity contribution in [3.63, 3.8) is 0 Å². The highest BCUT2D eigenvalue weighted by Crippen LogP contribution is 2.06. The van der Waals surface area contributed by atoms with Gasteiger partial charge in [-0.05, 0) is 24.3 Å². The molecule has 2 N–H and O–H groups in total. The number of aromatic nitrogens is 4. The number of benzene rings is 2. The van der Waals surface area contributed by atoms with E-state index in [1.54, 1.807) is 12.7 Å². The lowest BCUT2D eigenvalue weighted by atomic mass is 10.3. The van der Waals surface area contributed by atoms with E-state index in [0.717, 1.165) is 22.1 Å². The van der Waals surface area contributed by atoms with Gasteiger partial charge in [0.25, 0.3) is 0 Å². The zero-order chi connectivity index (χ0) is 12.2. The monoisotopic (exact) mass is 396 g/mol. The fraction of sp³-hybridized carbons (Fsp3) is 0. The maximum Gasteiger partial charge on any atom is 0.0931 e. The summed E-state index contributed by atoms with van der Waals surface area (Å²) in [6.45, 7) is 0. The summed E-state index contributed by atoms with van der Waals surface area (Å²) in [6, 6.07) is 15.9. The minimum Gasteiger partial charge on any atom is -0.345 e. The summed E-state index contributed by atoms with van der Waals surface area (Å²) in [5.41, 5.74) is 4.24. The van der Waals surface area contributed by atoms with Crippen LogP contribution in [0.3, 0.4) is 0 Å². The number of hydrogen-bond acceptors (Lipinski definition) is 2. The SMILES string of the molecule is Br.Br.c1ccc2[nH]cnc2c1.c1ccc2[nH]cnc2c1. The number of nitrogens with one attached hydrogen (secondary N) is 2. The Balaban J connectivity index is 0.000000182.